The number of halogens is 1. The van der Waals surface area contributed by atoms with Crippen molar-refractivity contribution in [3.8, 4) is 0 Å². The number of rotatable bonds is 2. The number of hydrogen-bond donors (Lipinski definition) is 1. The molecule has 1 N–H and O–H groups in total. The molecule has 1 aliphatic rings. The summed E-state index contributed by atoms with van der Waals surface area (Å²) in [6.45, 7) is 0.117. The Hall–Kier alpha value is -0.780. The highest BCUT2D eigenvalue weighted by Crippen LogP contribution is 2.33. The first-order valence-corrected chi connectivity index (χ1v) is 5.24. The number of hydrogen-bond acceptors (Lipinski definition) is 4. The molecule has 0 saturated carbocycles. The van der Waals surface area contributed by atoms with Crippen molar-refractivity contribution in [3.63, 3.8) is 0 Å². The predicted octanol–water partition coefficient (Wildman–Crippen LogP) is 1.72. The van der Waals surface area contributed by atoms with Crippen LogP contribution >= 0.6 is 22.9 Å². The Morgan fingerprint density at radius 3 is 3.07 bits per heavy atom. The van der Waals surface area contributed by atoms with Crippen LogP contribution in [0.5, 0.6) is 0 Å². The molecule has 1 saturated heterocycles. The fraction of sp³-hybridized carbons (Fsp3) is 0.375. The maximum atomic E-state index is 11.3. The number of nitrogens with zero attached hydrogens (tertiary/aromatic N) is 1. The second-order valence-electron chi connectivity index (χ2n) is 2.86. The maximum Gasteiger partial charge on any atom is 0.415 e. The van der Waals surface area contributed by atoms with Crippen LogP contribution in [0.1, 0.15) is 0 Å². The van der Waals surface area contributed by atoms with Crippen molar-refractivity contribution in [3.05, 3.63) is 16.5 Å². The van der Waals surface area contributed by atoms with Crippen molar-refractivity contribution in [1.82, 2.24) is 0 Å². The molecule has 0 radical (unpaired) electrons. The van der Waals surface area contributed by atoms with E-state index in [2.05, 4.69) is 0 Å². The minimum Gasteiger partial charge on any atom is -0.447 e. The van der Waals surface area contributed by atoms with Gasteiger partial charge in [0.25, 0.3) is 0 Å². The molecule has 76 valence electrons. The molecule has 6 heteroatoms. The molecule has 0 aliphatic carbocycles. The summed E-state index contributed by atoms with van der Waals surface area (Å²) in [6, 6.07) is 3.15. The fourth-order valence-electron chi connectivity index (χ4n) is 1.30. The van der Waals surface area contributed by atoms with Gasteiger partial charge in [-0.15, -0.1) is 11.3 Å². The molecule has 1 unspecified atom stereocenters. The minimum atomic E-state index is -0.428. The number of aliphatic hydroxyl groups is 1. The third-order valence-corrected chi connectivity index (χ3v) is 3.20. The van der Waals surface area contributed by atoms with E-state index in [9.17, 15) is 4.79 Å². The number of thiophene rings is 1. The summed E-state index contributed by atoms with van der Waals surface area (Å²) in [5, 5.41) is 9.73. The third-order valence-electron chi connectivity index (χ3n) is 1.97. The number of carbonyl (C=O) groups excluding carboxylic acids is 1. The Morgan fingerprint density at radius 2 is 2.50 bits per heavy atom. The largest absolute Gasteiger partial charge is 0.447 e. The zero-order chi connectivity index (χ0) is 10.1. The SMILES string of the molecule is O=C1OCC(CO)N1c1ccc(Cl)s1. The summed E-state index contributed by atoms with van der Waals surface area (Å²) in [5.74, 6) is 0. The first-order valence-electron chi connectivity index (χ1n) is 4.04. The van der Waals surface area contributed by atoms with Crippen LogP contribution < -0.4 is 4.90 Å². The van der Waals surface area contributed by atoms with Gasteiger partial charge in [0.15, 0.2) is 0 Å². The van der Waals surface area contributed by atoms with E-state index in [-0.39, 0.29) is 19.3 Å². The fourth-order valence-corrected chi connectivity index (χ4v) is 2.39. The van der Waals surface area contributed by atoms with Gasteiger partial charge in [-0.3, -0.25) is 4.90 Å². The minimum absolute atomic E-state index is 0.110. The quantitative estimate of drug-likeness (QED) is 0.846. The average Bonchev–Trinajstić information content (AvgIpc) is 2.71. The smallest absolute Gasteiger partial charge is 0.415 e. The number of aliphatic hydroxyl groups excluding tert-OH is 1. The lowest BCUT2D eigenvalue weighted by atomic mass is 10.3. The Bertz CT molecular complexity index is 354. The van der Waals surface area contributed by atoms with Gasteiger partial charge in [0, 0.05) is 0 Å². The number of ether oxygens (including phenoxy) is 1. The third kappa shape index (κ3) is 1.58. The molecule has 1 amide bonds. The van der Waals surface area contributed by atoms with E-state index in [1.54, 1.807) is 12.1 Å². The van der Waals surface area contributed by atoms with Gasteiger partial charge in [0.05, 0.1) is 17.0 Å². The van der Waals surface area contributed by atoms with E-state index in [1.807, 2.05) is 0 Å². The highest BCUT2D eigenvalue weighted by Gasteiger charge is 2.34. The van der Waals surface area contributed by atoms with Crippen LogP contribution in [-0.4, -0.2) is 30.5 Å². The van der Waals surface area contributed by atoms with Crippen LogP contribution in [0, 0.1) is 0 Å². The van der Waals surface area contributed by atoms with Crippen LogP contribution in [0.25, 0.3) is 0 Å². The lowest BCUT2D eigenvalue weighted by Crippen LogP contribution is -2.35. The van der Waals surface area contributed by atoms with E-state index < -0.39 is 6.09 Å². The van der Waals surface area contributed by atoms with Crippen molar-refractivity contribution in [2.24, 2.45) is 0 Å². The summed E-state index contributed by atoms with van der Waals surface area (Å²) in [6.07, 6.45) is -0.428. The summed E-state index contributed by atoms with van der Waals surface area (Å²) < 4.78 is 5.43. The average molecular weight is 234 g/mol. The topological polar surface area (TPSA) is 49.8 Å². The van der Waals surface area contributed by atoms with Gasteiger partial charge in [-0.2, -0.15) is 0 Å². The molecule has 0 bridgehead atoms. The molecule has 1 atom stereocenters. The highest BCUT2D eigenvalue weighted by molar-refractivity contribution is 7.20. The molecule has 1 aliphatic heterocycles. The molecule has 14 heavy (non-hydrogen) atoms. The van der Waals surface area contributed by atoms with Gasteiger partial charge in [0.1, 0.15) is 11.6 Å². The molecule has 1 aromatic rings. The van der Waals surface area contributed by atoms with E-state index in [4.69, 9.17) is 21.4 Å². The molecular weight excluding hydrogens is 226 g/mol. The maximum absolute atomic E-state index is 11.3. The van der Waals surface area contributed by atoms with Crippen LogP contribution in [0.4, 0.5) is 9.80 Å². The van der Waals surface area contributed by atoms with E-state index in [0.29, 0.717) is 9.34 Å². The summed E-state index contributed by atoms with van der Waals surface area (Å²) in [7, 11) is 0. The van der Waals surface area contributed by atoms with Gasteiger partial charge in [-0.25, -0.2) is 4.79 Å². The lowest BCUT2D eigenvalue weighted by molar-refractivity contribution is 0.174. The normalized spacial score (nSPS) is 21.4. The first kappa shape index (κ1) is 9.76. The van der Waals surface area contributed by atoms with Crippen LogP contribution in [0.15, 0.2) is 12.1 Å². The molecular formula is C8H8ClNO3S. The standard InChI is InChI=1S/C8H8ClNO3S/c9-6-1-2-7(14-6)10-5(3-11)4-13-8(10)12/h1-2,5,11H,3-4H2. The predicted molar refractivity (Wildman–Crippen MR) is 54.0 cm³/mol. The van der Waals surface area contributed by atoms with Gasteiger partial charge >= 0.3 is 6.09 Å². The second-order valence-corrected chi connectivity index (χ2v) is 4.55. The van der Waals surface area contributed by atoms with Gasteiger partial charge in [-0.1, -0.05) is 11.6 Å². The van der Waals surface area contributed by atoms with E-state index in [0.717, 1.165) is 0 Å². The molecule has 0 spiro atoms. The zero-order valence-electron chi connectivity index (χ0n) is 7.14. The molecule has 1 fully saturated rings. The van der Waals surface area contributed by atoms with Crippen molar-refractivity contribution < 1.29 is 14.6 Å². The lowest BCUT2D eigenvalue weighted by Gasteiger charge is -2.16. The molecule has 2 heterocycles. The highest BCUT2D eigenvalue weighted by atomic mass is 35.5. The summed E-state index contributed by atoms with van der Waals surface area (Å²) >= 11 is 7.04. The van der Waals surface area contributed by atoms with E-state index >= 15 is 0 Å². The number of cyclic esters (lactones) is 1. The Morgan fingerprint density at radius 1 is 1.71 bits per heavy atom. The monoisotopic (exact) mass is 233 g/mol. The first-order chi connectivity index (χ1) is 6.72. The number of anilines is 1. The Kier molecular flexibility index (Phi) is 2.62. The molecule has 1 aromatic heterocycles. The van der Waals surface area contributed by atoms with Crippen LogP contribution in [0.3, 0.4) is 0 Å². The molecule has 4 nitrogen and oxygen atoms in total. The van der Waals surface area contributed by atoms with Crippen molar-refractivity contribution in [1.29, 1.82) is 0 Å². The van der Waals surface area contributed by atoms with Gasteiger partial charge < -0.3 is 9.84 Å². The molecule has 0 aromatic carbocycles. The van der Waals surface area contributed by atoms with Gasteiger partial charge in [0.2, 0.25) is 0 Å². The second kappa shape index (κ2) is 3.76. The van der Waals surface area contributed by atoms with E-state index in [1.165, 1.54) is 16.2 Å². The van der Waals surface area contributed by atoms with Gasteiger partial charge in [-0.05, 0) is 12.1 Å². The summed E-state index contributed by atoms with van der Waals surface area (Å²) in [5.41, 5.74) is 0. The van der Waals surface area contributed by atoms with Crippen molar-refractivity contribution in [2.45, 2.75) is 6.04 Å². The Balaban J connectivity index is 2.27. The summed E-state index contributed by atoms with van der Waals surface area (Å²) in [4.78, 5) is 12.7. The van der Waals surface area contributed by atoms with Crippen molar-refractivity contribution in [2.75, 3.05) is 18.1 Å². The zero-order valence-corrected chi connectivity index (χ0v) is 8.72. The van der Waals surface area contributed by atoms with Crippen LogP contribution in [0.2, 0.25) is 4.34 Å². The number of carbonyl (C=O) groups is 1. The van der Waals surface area contributed by atoms with Crippen LogP contribution in [-0.2, 0) is 4.74 Å². The molecule has 2 rings (SSSR count). The van der Waals surface area contributed by atoms with Crippen molar-refractivity contribution >= 4 is 34.0 Å². The Labute approximate surface area is 89.7 Å². The number of amides is 1.